The number of hydrogen-bond donors (Lipinski definition) is 3. The highest BCUT2D eigenvalue weighted by Gasteiger charge is 2.33. The van der Waals surface area contributed by atoms with Gasteiger partial charge < -0.3 is 16.4 Å². The first kappa shape index (κ1) is 25.5. The maximum atomic E-state index is 13.1. The first-order valence-electron chi connectivity index (χ1n) is 10.1. The molecular formula is C21H22ClF3N6O2S. The molecule has 8 nitrogen and oxygen atoms in total. The molecule has 34 heavy (non-hydrogen) atoms. The van der Waals surface area contributed by atoms with Crippen LogP contribution in [0.5, 0.6) is 0 Å². The molecule has 13 heteroatoms. The predicted molar refractivity (Wildman–Crippen MR) is 126 cm³/mol. The Labute approximate surface area is 200 Å². The highest BCUT2D eigenvalue weighted by molar-refractivity contribution is 7.89. The molecule has 1 aromatic heterocycles. The van der Waals surface area contributed by atoms with Crippen LogP contribution in [-0.2, 0) is 16.2 Å². The molecule has 3 rings (SSSR count). The normalized spacial score (nSPS) is 12.1. The van der Waals surface area contributed by atoms with Gasteiger partial charge in [0.1, 0.15) is 12.0 Å². The van der Waals surface area contributed by atoms with Crippen LogP contribution in [0.1, 0.15) is 19.4 Å². The van der Waals surface area contributed by atoms with Crippen molar-refractivity contribution in [2.75, 3.05) is 29.5 Å². The van der Waals surface area contributed by atoms with Gasteiger partial charge in [-0.15, -0.1) is 0 Å². The molecule has 1 heterocycles. The maximum Gasteiger partial charge on any atom is 0.417 e. The Balaban J connectivity index is 1.82. The lowest BCUT2D eigenvalue weighted by Gasteiger charge is -2.18. The lowest BCUT2D eigenvalue weighted by Crippen LogP contribution is -2.30. The Morgan fingerprint density at radius 1 is 0.971 bits per heavy atom. The zero-order valence-corrected chi connectivity index (χ0v) is 19.8. The van der Waals surface area contributed by atoms with E-state index in [1.165, 1.54) is 28.8 Å². The van der Waals surface area contributed by atoms with Crippen LogP contribution in [0.25, 0.3) is 0 Å². The molecule has 0 saturated carbocycles. The minimum absolute atomic E-state index is 0.0471. The van der Waals surface area contributed by atoms with Gasteiger partial charge in [0.2, 0.25) is 10.0 Å². The van der Waals surface area contributed by atoms with Gasteiger partial charge in [-0.3, -0.25) is 0 Å². The summed E-state index contributed by atoms with van der Waals surface area (Å²) in [6.07, 6.45) is -3.44. The summed E-state index contributed by atoms with van der Waals surface area (Å²) in [5.74, 6) is 0.260. The monoisotopic (exact) mass is 514 g/mol. The number of alkyl halides is 3. The van der Waals surface area contributed by atoms with Crippen molar-refractivity contribution in [2.45, 2.75) is 24.9 Å². The lowest BCUT2D eigenvalue weighted by molar-refractivity contribution is -0.137. The quantitative estimate of drug-likeness (QED) is 0.376. The van der Waals surface area contributed by atoms with Gasteiger partial charge in [0.15, 0.2) is 11.6 Å². The molecule has 0 unspecified atom stereocenters. The smallest absolute Gasteiger partial charge is 0.393 e. The molecule has 2 aromatic carbocycles. The van der Waals surface area contributed by atoms with Crippen LogP contribution in [-0.4, -0.2) is 35.8 Å². The van der Waals surface area contributed by atoms with Gasteiger partial charge in [-0.1, -0.05) is 25.4 Å². The van der Waals surface area contributed by atoms with Crippen molar-refractivity contribution in [2.24, 2.45) is 0 Å². The summed E-state index contributed by atoms with van der Waals surface area (Å²) in [5.41, 5.74) is 5.74. The fourth-order valence-corrected chi connectivity index (χ4v) is 4.79. The van der Waals surface area contributed by atoms with E-state index in [4.69, 9.17) is 17.3 Å². The molecule has 3 aromatic rings. The molecular weight excluding hydrogens is 493 g/mol. The average molecular weight is 515 g/mol. The van der Waals surface area contributed by atoms with E-state index >= 15 is 0 Å². The van der Waals surface area contributed by atoms with Crippen molar-refractivity contribution in [3.05, 3.63) is 59.4 Å². The first-order chi connectivity index (χ1) is 16.0. The third-order valence-electron chi connectivity index (χ3n) is 4.88. The molecule has 0 bridgehead atoms. The van der Waals surface area contributed by atoms with Crippen LogP contribution >= 0.6 is 11.6 Å². The number of anilines is 5. The summed E-state index contributed by atoms with van der Waals surface area (Å²) in [4.78, 5) is 8.19. The standard InChI is InChI=1S/C21H22ClF3N6O2S/c1-3-31(4-2)34(32,33)15-8-5-13(6-9-15)29-19-18(26)20(28-12-27-19)30-14-7-10-17(22)16(11-14)21(23,24)25/h5-12H,3-4,26H2,1-2H3,(H2,27,28,29,30). The summed E-state index contributed by atoms with van der Waals surface area (Å²) in [6, 6.07) is 9.36. The zero-order valence-electron chi connectivity index (χ0n) is 18.2. The Kier molecular flexibility index (Phi) is 7.54. The molecule has 0 fully saturated rings. The summed E-state index contributed by atoms with van der Waals surface area (Å²) >= 11 is 5.66. The highest BCUT2D eigenvalue weighted by Crippen LogP contribution is 2.37. The molecule has 0 saturated heterocycles. The molecule has 4 N–H and O–H groups in total. The third kappa shape index (κ3) is 5.51. The number of nitrogens with zero attached hydrogens (tertiary/aromatic N) is 3. The number of nitrogens with one attached hydrogen (secondary N) is 2. The molecule has 0 spiro atoms. The van der Waals surface area contributed by atoms with Gasteiger partial charge in [0, 0.05) is 24.5 Å². The summed E-state index contributed by atoms with van der Waals surface area (Å²) in [6.45, 7) is 4.22. The number of sulfonamides is 1. The number of halogens is 4. The van der Waals surface area contributed by atoms with E-state index in [-0.39, 0.29) is 27.9 Å². The van der Waals surface area contributed by atoms with Gasteiger partial charge in [0.25, 0.3) is 0 Å². The van der Waals surface area contributed by atoms with Gasteiger partial charge in [0.05, 0.1) is 15.5 Å². The Bertz CT molecular complexity index is 1270. The Morgan fingerprint density at radius 2 is 1.50 bits per heavy atom. The van der Waals surface area contributed by atoms with Gasteiger partial charge in [-0.2, -0.15) is 17.5 Å². The number of benzene rings is 2. The van der Waals surface area contributed by atoms with Crippen LogP contribution in [0.15, 0.2) is 53.7 Å². The van der Waals surface area contributed by atoms with Gasteiger partial charge in [-0.05, 0) is 42.5 Å². The van der Waals surface area contributed by atoms with Gasteiger partial charge >= 0.3 is 6.18 Å². The highest BCUT2D eigenvalue weighted by atomic mass is 35.5. The number of nitrogen functional groups attached to an aromatic ring is 1. The second kappa shape index (κ2) is 10.0. The Hall–Kier alpha value is -3.09. The van der Waals surface area contributed by atoms with E-state index in [1.54, 1.807) is 26.0 Å². The molecule has 0 aliphatic heterocycles. The predicted octanol–water partition coefficient (Wildman–Crippen LogP) is 5.25. The molecule has 0 aliphatic carbocycles. The minimum atomic E-state index is -4.62. The van der Waals surface area contributed by atoms with Gasteiger partial charge in [-0.25, -0.2) is 18.4 Å². The lowest BCUT2D eigenvalue weighted by atomic mass is 10.2. The second-order valence-electron chi connectivity index (χ2n) is 7.04. The topological polar surface area (TPSA) is 113 Å². The molecule has 0 atom stereocenters. The van der Waals surface area contributed by atoms with Crippen molar-refractivity contribution < 1.29 is 21.6 Å². The SMILES string of the molecule is CCN(CC)S(=O)(=O)c1ccc(Nc2ncnc(Nc3ccc(Cl)c(C(F)(F)F)c3)c2N)cc1. The van der Waals surface area contributed by atoms with Crippen LogP contribution in [0.2, 0.25) is 5.02 Å². The zero-order chi connectivity index (χ0) is 25.1. The number of nitrogens with two attached hydrogens (primary N) is 1. The molecule has 0 radical (unpaired) electrons. The third-order valence-corrected chi connectivity index (χ3v) is 7.27. The van der Waals surface area contributed by atoms with E-state index in [1.807, 2.05) is 0 Å². The summed E-state index contributed by atoms with van der Waals surface area (Å²) in [5, 5.41) is 5.26. The molecule has 182 valence electrons. The number of rotatable bonds is 8. The largest absolute Gasteiger partial charge is 0.417 e. The van der Waals surface area contributed by atoms with Crippen LogP contribution in [0.4, 0.5) is 41.9 Å². The maximum absolute atomic E-state index is 13.1. The van der Waals surface area contributed by atoms with Crippen molar-refractivity contribution in [3.63, 3.8) is 0 Å². The van der Waals surface area contributed by atoms with E-state index in [2.05, 4.69) is 20.6 Å². The molecule has 0 amide bonds. The fraction of sp³-hybridized carbons (Fsp3) is 0.238. The van der Waals surface area contributed by atoms with E-state index in [0.29, 0.717) is 18.8 Å². The van der Waals surface area contributed by atoms with Crippen LogP contribution in [0.3, 0.4) is 0 Å². The minimum Gasteiger partial charge on any atom is -0.393 e. The summed E-state index contributed by atoms with van der Waals surface area (Å²) in [7, 11) is -3.60. The van der Waals surface area contributed by atoms with E-state index in [0.717, 1.165) is 12.1 Å². The first-order valence-corrected chi connectivity index (χ1v) is 11.9. The number of aromatic nitrogens is 2. The average Bonchev–Trinajstić information content (AvgIpc) is 2.78. The van der Waals surface area contributed by atoms with Crippen molar-refractivity contribution in [1.82, 2.24) is 14.3 Å². The summed E-state index contributed by atoms with van der Waals surface area (Å²) < 4.78 is 66.0. The van der Waals surface area contributed by atoms with E-state index < -0.39 is 26.8 Å². The van der Waals surface area contributed by atoms with Crippen molar-refractivity contribution >= 4 is 50.3 Å². The van der Waals surface area contributed by atoms with E-state index in [9.17, 15) is 21.6 Å². The Morgan fingerprint density at radius 3 is 2.03 bits per heavy atom. The van der Waals surface area contributed by atoms with Crippen LogP contribution in [0, 0.1) is 0 Å². The van der Waals surface area contributed by atoms with Crippen molar-refractivity contribution in [1.29, 1.82) is 0 Å². The van der Waals surface area contributed by atoms with Crippen molar-refractivity contribution in [3.8, 4) is 0 Å². The molecule has 0 aliphatic rings. The van der Waals surface area contributed by atoms with Crippen LogP contribution < -0.4 is 16.4 Å². The second-order valence-corrected chi connectivity index (χ2v) is 9.39. The fourth-order valence-electron chi connectivity index (χ4n) is 3.11. The number of hydrogen-bond acceptors (Lipinski definition) is 7.